The number of unbranched alkanes of at least 4 members (excludes halogenated alkanes) is 1. The van der Waals surface area contributed by atoms with Crippen molar-refractivity contribution in [3.05, 3.63) is 29.5 Å². The number of hydrogen-bond acceptors (Lipinski definition) is 5. The molecule has 0 saturated carbocycles. The van der Waals surface area contributed by atoms with Crippen LogP contribution in [0.2, 0.25) is 0 Å². The van der Waals surface area contributed by atoms with Gasteiger partial charge in [0.2, 0.25) is 0 Å². The number of aromatic nitrogens is 1. The summed E-state index contributed by atoms with van der Waals surface area (Å²) in [5, 5.41) is 8.90. The van der Waals surface area contributed by atoms with E-state index in [-0.39, 0.29) is 5.57 Å². The van der Waals surface area contributed by atoms with Gasteiger partial charge in [0.1, 0.15) is 17.5 Å². The van der Waals surface area contributed by atoms with Crippen LogP contribution in [0.5, 0.6) is 0 Å². The first kappa shape index (κ1) is 13.7. The minimum Gasteiger partial charge on any atom is -0.462 e. The lowest BCUT2D eigenvalue weighted by molar-refractivity contribution is -0.138. The Labute approximate surface area is 106 Å². The minimum absolute atomic E-state index is 0.0438. The fraction of sp³-hybridized carbons (Fsp3) is 0.308. The molecule has 0 unspecified atom stereocenters. The van der Waals surface area contributed by atoms with E-state index in [4.69, 9.17) is 15.7 Å². The molecule has 0 radical (unpaired) electrons. The summed E-state index contributed by atoms with van der Waals surface area (Å²) in [5.74, 6) is -0.223. The highest BCUT2D eigenvalue weighted by molar-refractivity contribution is 5.97. The number of pyridine rings is 1. The van der Waals surface area contributed by atoms with Crippen molar-refractivity contribution in [2.75, 3.05) is 12.3 Å². The van der Waals surface area contributed by atoms with Crippen LogP contribution in [0.3, 0.4) is 0 Å². The van der Waals surface area contributed by atoms with Crippen molar-refractivity contribution in [1.82, 2.24) is 4.98 Å². The second-order valence-electron chi connectivity index (χ2n) is 3.68. The Morgan fingerprint density at radius 1 is 1.61 bits per heavy atom. The predicted octanol–water partition coefficient (Wildman–Crippen LogP) is 1.91. The van der Waals surface area contributed by atoms with Crippen LogP contribution in [0.4, 0.5) is 5.82 Å². The molecule has 5 nitrogen and oxygen atoms in total. The van der Waals surface area contributed by atoms with Crippen molar-refractivity contribution >= 4 is 17.9 Å². The summed E-state index contributed by atoms with van der Waals surface area (Å²) in [5.41, 5.74) is 6.03. The number of nitrogens with two attached hydrogens (primary N) is 1. The molecule has 5 heteroatoms. The van der Waals surface area contributed by atoms with Crippen LogP contribution >= 0.6 is 0 Å². The third-order valence-corrected chi connectivity index (χ3v) is 2.19. The number of nitrogens with zero attached hydrogens (tertiary/aromatic N) is 2. The van der Waals surface area contributed by atoms with Gasteiger partial charge in [0.25, 0.3) is 0 Å². The van der Waals surface area contributed by atoms with Gasteiger partial charge in [-0.25, -0.2) is 9.78 Å². The standard InChI is InChI=1S/C13H15N3O2/c1-2-3-6-18-13(17)11(8-14)7-10-4-5-12(15)16-9-10/h4-5,7,9H,2-3,6H2,1H3,(H2,15,16). The number of anilines is 1. The lowest BCUT2D eigenvalue weighted by Gasteiger charge is -2.02. The number of ether oxygens (including phenoxy) is 1. The van der Waals surface area contributed by atoms with Gasteiger partial charge in [-0.3, -0.25) is 0 Å². The normalized spacial score (nSPS) is 10.8. The quantitative estimate of drug-likeness (QED) is 0.370. The first-order valence-electron chi connectivity index (χ1n) is 5.67. The topological polar surface area (TPSA) is 89.0 Å². The molecule has 0 amide bonds. The number of esters is 1. The molecule has 2 N–H and O–H groups in total. The maximum absolute atomic E-state index is 11.6. The largest absolute Gasteiger partial charge is 0.462 e. The predicted molar refractivity (Wildman–Crippen MR) is 68.1 cm³/mol. The second-order valence-corrected chi connectivity index (χ2v) is 3.68. The van der Waals surface area contributed by atoms with Gasteiger partial charge >= 0.3 is 5.97 Å². The summed E-state index contributed by atoms with van der Waals surface area (Å²) < 4.78 is 4.96. The smallest absolute Gasteiger partial charge is 0.348 e. The summed E-state index contributed by atoms with van der Waals surface area (Å²) in [4.78, 5) is 15.4. The molecule has 1 heterocycles. The number of nitriles is 1. The molecule has 0 spiro atoms. The Bertz CT molecular complexity index is 472. The summed E-state index contributed by atoms with van der Waals surface area (Å²) >= 11 is 0. The van der Waals surface area contributed by atoms with Crippen LogP contribution in [0, 0.1) is 11.3 Å². The minimum atomic E-state index is -0.609. The Kier molecular flexibility index (Phi) is 5.39. The highest BCUT2D eigenvalue weighted by Gasteiger charge is 2.10. The average Bonchev–Trinajstić information content (AvgIpc) is 2.38. The zero-order chi connectivity index (χ0) is 13.4. The molecule has 1 aromatic heterocycles. The van der Waals surface area contributed by atoms with Crippen molar-refractivity contribution in [3.63, 3.8) is 0 Å². The van der Waals surface area contributed by atoms with Crippen molar-refractivity contribution in [1.29, 1.82) is 5.26 Å². The fourth-order valence-corrected chi connectivity index (χ4v) is 1.19. The molecule has 0 atom stereocenters. The van der Waals surface area contributed by atoms with Gasteiger partial charge in [-0.1, -0.05) is 13.3 Å². The van der Waals surface area contributed by atoms with Crippen LogP contribution in [0.25, 0.3) is 6.08 Å². The molecule has 0 bridgehead atoms. The van der Waals surface area contributed by atoms with Crippen LogP contribution in [-0.4, -0.2) is 17.6 Å². The lowest BCUT2D eigenvalue weighted by atomic mass is 10.2. The van der Waals surface area contributed by atoms with Crippen molar-refractivity contribution in [2.24, 2.45) is 0 Å². The summed E-state index contributed by atoms with van der Waals surface area (Å²) in [6.07, 6.45) is 4.64. The SMILES string of the molecule is CCCCOC(=O)C(C#N)=Cc1ccc(N)nc1. The van der Waals surface area contributed by atoms with Gasteiger partial charge in [-0.2, -0.15) is 5.26 Å². The van der Waals surface area contributed by atoms with Crippen LogP contribution in [-0.2, 0) is 9.53 Å². The van der Waals surface area contributed by atoms with Crippen molar-refractivity contribution < 1.29 is 9.53 Å². The van der Waals surface area contributed by atoms with E-state index in [1.54, 1.807) is 12.1 Å². The zero-order valence-corrected chi connectivity index (χ0v) is 10.2. The number of hydrogen-bond donors (Lipinski definition) is 1. The Morgan fingerprint density at radius 2 is 2.39 bits per heavy atom. The molecule has 18 heavy (non-hydrogen) atoms. The Morgan fingerprint density at radius 3 is 2.94 bits per heavy atom. The highest BCUT2D eigenvalue weighted by Crippen LogP contribution is 2.08. The molecule has 1 aromatic rings. The summed E-state index contributed by atoms with van der Waals surface area (Å²) in [6.45, 7) is 2.32. The number of nitrogen functional groups attached to an aromatic ring is 1. The van der Waals surface area contributed by atoms with E-state index >= 15 is 0 Å². The Balaban J connectivity index is 2.74. The number of carbonyl (C=O) groups is 1. The third-order valence-electron chi connectivity index (χ3n) is 2.19. The van der Waals surface area contributed by atoms with E-state index in [1.807, 2.05) is 13.0 Å². The van der Waals surface area contributed by atoms with Crippen LogP contribution < -0.4 is 5.73 Å². The van der Waals surface area contributed by atoms with E-state index in [2.05, 4.69) is 4.98 Å². The lowest BCUT2D eigenvalue weighted by Crippen LogP contribution is -2.07. The van der Waals surface area contributed by atoms with E-state index < -0.39 is 5.97 Å². The van der Waals surface area contributed by atoms with Crippen molar-refractivity contribution in [2.45, 2.75) is 19.8 Å². The van der Waals surface area contributed by atoms with Crippen LogP contribution in [0.15, 0.2) is 23.9 Å². The molecular weight excluding hydrogens is 230 g/mol. The fourth-order valence-electron chi connectivity index (χ4n) is 1.19. The summed E-state index contributed by atoms with van der Waals surface area (Å²) in [7, 11) is 0. The van der Waals surface area contributed by atoms with E-state index in [9.17, 15) is 4.79 Å². The van der Waals surface area contributed by atoms with Gasteiger partial charge < -0.3 is 10.5 Å². The number of carbonyl (C=O) groups excluding carboxylic acids is 1. The highest BCUT2D eigenvalue weighted by atomic mass is 16.5. The van der Waals surface area contributed by atoms with E-state index in [0.717, 1.165) is 12.8 Å². The molecule has 0 saturated heterocycles. The van der Waals surface area contributed by atoms with E-state index in [1.165, 1.54) is 12.3 Å². The molecule has 0 aromatic carbocycles. The number of rotatable bonds is 5. The Hall–Kier alpha value is -2.35. The maximum Gasteiger partial charge on any atom is 0.348 e. The monoisotopic (exact) mass is 245 g/mol. The van der Waals surface area contributed by atoms with Gasteiger partial charge in [-0.15, -0.1) is 0 Å². The first-order chi connectivity index (χ1) is 8.67. The van der Waals surface area contributed by atoms with Gasteiger partial charge in [-0.05, 0) is 30.2 Å². The zero-order valence-electron chi connectivity index (χ0n) is 10.2. The second kappa shape index (κ2) is 7.07. The average molecular weight is 245 g/mol. The molecular formula is C13H15N3O2. The molecule has 0 fully saturated rings. The molecule has 94 valence electrons. The summed E-state index contributed by atoms with van der Waals surface area (Å²) in [6, 6.07) is 5.10. The first-order valence-corrected chi connectivity index (χ1v) is 5.67. The van der Waals surface area contributed by atoms with Crippen LogP contribution in [0.1, 0.15) is 25.3 Å². The van der Waals surface area contributed by atoms with Crippen molar-refractivity contribution in [3.8, 4) is 6.07 Å². The molecule has 0 aliphatic heterocycles. The molecule has 0 aliphatic rings. The molecule has 1 rings (SSSR count). The maximum atomic E-state index is 11.6. The van der Waals surface area contributed by atoms with Gasteiger partial charge in [0, 0.05) is 6.20 Å². The van der Waals surface area contributed by atoms with Gasteiger partial charge in [0.15, 0.2) is 0 Å². The van der Waals surface area contributed by atoms with Gasteiger partial charge in [0.05, 0.1) is 6.61 Å². The third kappa shape index (κ3) is 4.26. The molecule has 0 aliphatic carbocycles. The van der Waals surface area contributed by atoms with E-state index in [0.29, 0.717) is 18.0 Å².